The minimum absolute atomic E-state index is 0.799. The van der Waals surface area contributed by atoms with Crippen LogP contribution in [-0.4, -0.2) is 481 Å². The summed E-state index contributed by atoms with van der Waals surface area (Å²) in [5, 5.41) is 280. The summed E-state index contributed by atoms with van der Waals surface area (Å²) in [6.45, 7) is -3.84. The lowest BCUT2D eigenvalue weighted by Gasteiger charge is -2.51. The van der Waals surface area contributed by atoms with E-state index in [4.69, 9.17) is 75.8 Å². The fourth-order valence-electron chi connectivity index (χ4n) is 14.3. The Balaban J connectivity index is 1.15. The van der Waals surface area contributed by atoms with Gasteiger partial charge in [0.25, 0.3) is 0 Å². The maximum atomic E-state index is 13.2. The van der Waals surface area contributed by atoms with Crippen LogP contribution in [-0.2, 0) is 99.8 Å². The molecule has 0 aliphatic carbocycles. The Labute approximate surface area is 647 Å². The Kier molecular flexibility index (Phi) is 35.3. The lowest BCUT2D eigenvalue weighted by molar-refractivity contribution is -0.396. The molecule has 8 saturated heterocycles. The summed E-state index contributed by atoms with van der Waals surface area (Å²) in [6.07, 6.45) is -80.7. The Hall–Kier alpha value is -4.25. The van der Waals surface area contributed by atoms with Crippen molar-refractivity contribution in [2.24, 2.45) is 0 Å². The molecule has 0 aromatic rings. The van der Waals surface area contributed by atoms with Gasteiger partial charge in [0.2, 0.25) is 29.5 Å². The van der Waals surface area contributed by atoms with E-state index in [9.17, 15) is 147 Å². The van der Waals surface area contributed by atoms with Crippen LogP contribution in [0, 0.1) is 0 Å². The van der Waals surface area contributed by atoms with Crippen LogP contribution in [0.5, 0.6) is 0 Å². The number of carbonyl (C=O) groups excluding carboxylic acids is 5. The van der Waals surface area contributed by atoms with Crippen molar-refractivity contribution >= 4 is 29.5 Å². The molecule has 0 aromatic heterocycles. The number of rotatable bonds is 33. The lowest BCUT2D eigenvalue weighted by atomic mass is 9.94. The third-order valence-corrected chi connectivity index (χ3v) is 20.4. The first-order valence-electron chi connectivity index (χ1n) is 36.4. The van der Waals surface area contributed by atoms with E-state index in [2.05, 4.69) is 26.6 Å². The zero-order valence-corrected chi connectivity index (χ0v) is 62.1. The molecule has 29 N–H and O–H groups in total. The van der Waals surface area contributed by atoms with Crippen molar-refractivity contribution in [3.63, 3.8) is 0 Å². The molecular weight excluding hydrogens is 1560 g/mol. The molecule has 660 valence electrons. The second-order valence-corrected chi connectivity index (χ2v) is 28.7. The summed E-state index contributed by atoms with van der Waals surface area (Å²) >= 11 is 0. The first kappa shape index (κ1) is 95.2. The topological polar surface area (TPSA) is 779 Å². The molecule has 44 atom stereocenters. The maximum Gasteiger partial charge on any atom is 0.217 e. The zero-order valence-electron chi connectivity index (χ0n) is 62.1. The Morgan fingerprint density at radius 3 is 1.11 bits per heavy atom. The van der Waals surface area contributed by atoms with Crippen LogP contribution >= 0.6 is 0 Å². The standard InChI is InChI=1S/C64H109N5O45/c1-16-35(83)46(94)49(97)61(101-16)99-14-23(82)51(36(84)22(7-70)65-17(2)77)109-59-33(68-20(5)80)45(93)53(29(13-76)106-59)111-62-50(98)54(112-64-56(48(96)40(88)27(11-74)105-64)114-58-32(67-19(4)79)43(91)38(86)25(9-72)103-58)41(89)30(108-62)15-100-63-55(47(95)39(87)26(10-73)104-63)113-60-34(69-21(6)81)44(92)52(28(12-75)107-60)110-57-31(66-18(3)78)42(90)37(85)24(8-71)102-57/h16,22-64,70-76,82-98H,7-15H2,1-6H3,(H,65,77)(H,66,78)(H,67,79)(H,68,80)(H,69,81)/t16-,22-,23+,24+,25+,26+,27+,28+,29+,30+,31+,32+,33+,34+,35+,36+,37-,38+,39+,40+,41+,42+,43+,44+,45+,46+,47-,48-,49-,50-,51+,52+,53+,54-,55-,56-,57-,58-,59-,60-,61+,62-,63-,64+/m0/s1. The highest BCUT2D eigenvalue weighted by molar-refractivity contribution is 5.75. The summed E-state index contributed by atoms with van der Waals surface area (Å²) in [4.78, 5) is 63.3. The van der Waals surface area contributed by atoms with Crippen LogP contribution < -0.4 is 26.6 Å². The largest absolute Gasteiger partial charge is 0.394 e. The fourth-order valence-corrected chi connectivity index (χ4v) is 14.3. The predicted molar refractivity (Wildman–Crippen MR) is 356 cm³/mol. The van der Waals surface area contributed by atoms with Gasteiger partial charge in [-0.25, -0.2) is 0 Å². The third kappa shape index (κ3) is 22.1. The number of nitrogens with one attached hydrogen (secondary N) is 5. The van der Waals surface area contributed by atoms with E-state index >= 15 is 0 Å². The highest BCUT2D eigenvalue weighted by Crippen LogP contribution is 2.39. The molecular formula is C64H109N5O45. The molecule has 0 bridgehead atoms. The third-order valence-electron chi connectivity index (χ3n) is 20.4. The first-order chi connectivity index (χ1) is 53.8. The number of carbonyl (C=O) groups is 5. The summed E-state index contributed by atoms with van der Waals surface area (Å²) in [5.74, 6) is -4.48. The normalized spacial score (nSPS) is 45.3. The number of aliphatic hydroxyl groups is 24. The highest BCUT2D eigenvalue weighted by atomic mass is 16.8. The quantitative estimate of drug-likeness (QED) is 0.0290. The van der Waals surface area contributed by atoms with Crippen molar-refractivity contribution in [2.45, 2.75) is 311 Å². The van der Waals surface area contributed by atoms with Gasteiger partial charge in [0.05, 0.1) is 71.6 Å². The number of ether oxygens (including phenoxy) is 16. The summed E-state index contributed by atoms with van der Waals surface area (Å²) in [6, 6.07) is -9.14. The van der Waals surface area contributed by atoms with Gasteiger partial charge >= 0.3 is 0 Å². The number of amides is 5. The molecule has 0 spiro atoms. The van der Waals surface area contributed by atoms with Crippen molar-refractivity contribution < 1.29 is 222 Å². The van der Waals surface area contributed by atoms with Crippen molar-refractivity contribution in [1.29, 1.82) is 0 Å². The van der Waals surface area contributed by atoms with Gasteiger partial charge in [-0.05, 0) is 6.92 Å². The van der Waals surface area contributed by atoms with Crippen molar-refractivity contribution in [2.75, 3.05) is 59.5 Å². The summed E-state index contributed by atoms with van der Waals surface area (Å²) in [5.41, 5.74) is 0. The number of hydrogen-bond donors (Lipinski definition) is 29. The average molecular weight is 1670 g/mol. The molecule has 8 aliphatic heterocycles. The molecule has 8 rings (SSSR count). The molecule has 8 fully saturated rings. The SMILES string of the molecule is CC(=O)N[C@H]1[C@H](O[C@@H]([C@H](O)[C@H](CO)NC(C)=O)[C@H](O)CO[C@@H]2O[C@@H](C)[C@@H](O)[C@@H](O)[C@@H]2O)O[C@H](CO)[C@@H](O[C@@H]2O[C@H](CO[C@H]3O[C@H](CO)[C@@H](O)[C@H](O)[C@@H]3O[C@@H]3O[C@H](CO)[C@@H](O[C@@H]4O[C@H](CO)[C@H](O)[C@H](O)[C@H]4NC(C)=O)[C@H](O)[C@H]3NC(C)=O)[C@@H](O)[C@H](O[C@H]3O[C@H](CO)[C@@H](O)[C@H](O)[C@@H]3O[C@@H]3O[C@H](CO)[C@@H](O)[C@H](O)[C@H]3NC(C)=O)[C@@H]2O)[C@@H]1O. The van der Waals surface area contributed by atoms with E-state index in [1.54, 1.807) is 0 Å². The molecule has 50 nitrogen and oxygen atoms in total. The molecule has 5 amide bonds. The summed E-state index contributed by atoms with van der Waals surface area (Å²) in [7, 11) is 0. The van der Waals surface area contributed by atoms with Gasteiger partial charge in [-0.2, -0.15) is 0 Å². The van der Waals surface area contributed by atoms with Gasteiger partial charge < -0.3 is 225 Å². The van der Waals surface area contributed by atoms with Gasteiger partial charge in [0.15, 0.2) is 50.3 Å². The molecule has 50 heteroatoms. The lowest BCUT2D eigenvalue weighted by Crippen LogP contribution is -2.70. The molecule has 0 aromatic carbocycles. The first-order valence-corrected chi connectivity index (χ1v) is 36.4. The maximum absolute atomic E-state index is 13.2. The molecule has 8 heterocycles. The highest BCUT2D eigenvalue weighted by Gasteiger charge is 2.60. The number of aliphatic hydroxyl groups excluding tert-OH is 24. The van der Waals surface area contributed by atoms with Gasteiger partial charge in [-0.1, -0.05) is 0 Å². The van der Waals surface area contributed by atoms with Crippen LogP contribution in [0.25, 0.3) is 0 Å². The Morgan fingerprint density at radius 2 is 0.684 bits per heavy atom. The summed E-state index contributed by atoms with van der Waals surface area (Å²) < 4.78 is 95.2. The van der Waals surface area contributed by atoms with E-state index in [1.807, 2.05) is 0 Å². The average Bonchev–Trinajstić information content (AvgIpc) is 0.769. The van der Waals surface area contributed by atoms with Gasteiger partial charge in [0.1, 0.15) is 207 Å². The minimum Gasteiger partial charge on any atom is -0.394 e. The fraction of sp³-hybridized carbons (Fsp3) is 0.922. The number of hydrogen-bond acceptors (Lipinski definition) is 45. The molecule has 114 heavy (non-hydrogen) atoms. The van der Waals surface area contributed by atoms with E-state index in [-0.39, 0.29) is 0 Å². The van der Waals surface area contributed by atoms with Crippen molar-refractivity contribution in [1.82, 2.24) is 26.6 Å². The van der Waals surface area contributed by atoms with Crippen LogP contribution in [0.2, 0.25) is 0 Å². The molecule has 0 radical (unpaired) electrons. The van der Waals surface area contributed by atoms with Crippen molar-refractivity contribution in [3.05, 3.63) is 0 Å². The predicted octanol–water partition coefficient (Wildman–Crippen LogP) is -19.2. The molecule has 0 saturated carbocycles. The molecule has 8 aliphatic rings. The monoisotopic (exact) mass is 1670 g/mol. The Morgan fingerprint density at radius 1 is 0.325 bits per heavy atom. The van der Waals surface area contributed by atoms with Gasteiger partial charge in [-0.15, -0.1) is 0 Å². The smallest absolute Gasteiger partial charge is 0.217 e. The van der Waals surface area contributed by atoms with E-state index in [0.29, 0.717) is 0 Å². The van der Waals surface area contributed by atoms with Crippen LogP contribution in [0.4, 0.5) is 0 Å². The van der Waals surface area contributed by atoms with Crippen LogP contribution in [0.3, 0.4) is 0 Å². The minimum atomic E-state index is -2.58. The second kappa shape index (κ2) is 42.3. The second-order valence-electron chi connectivity index (χ2n) is 28.7. The van der Waals surface area contributed by atoms with E-state index in [0.717, 1.165) is 34.6 Å². The van der Waals surface area contributed by atoms with Crippen molar-refractivity contribution in [3.8, 4) is 0 Å². The zero-order chi connectivity index (χ0) is 84.5. The van der Waals surface area contributed by atoms with Gasteiger partial charge in [0, 0.05) is 34.6 Å². The molecule has 0 unspecified atom stereocenters. The Bertz CT molecular complexity index is 3030. The van der Waals surface area contributed by atoms with E-state index < -0.39 is 359 Å². The van der Waals surface area contributed by atoms with Crippen LogP contribution in [0.15, 0.2) is 0 Å². The van der Waals surface area contributed by atoms with Crippen LogP contribution in [0.1, 0.15) is 41.5 Å². The van der Waals surface area contributed by atoms with E-state index in [1.165, 1.54) is 6.92 Å². The van der Waals surface area contributed by atoms with Gasteiger partial charge in [-0.3, -0.25) is 24.0 Å².